The lowest BCUT2D eigenvalue weighted by Crippen LogP contribution is -2.33. The summed E-state index contributed by atoms with van der Waals surface area (Å²) in [5.74, 6) is 0.343. The van der Waals surface area contributed by atoms with Crippen LogP contribution in [0.2, 0.25) is 0 Å². The van der Waals surface area contributed by atoms with Crippen LogP contribution in [0.25, 0.3) is 11.0 Å². The molecule has 0 radical (unpaired) electrons. The molecule has 2 amide bonds. The summed E-state index contributed by atoms with van der Waals surface area (Å²) in [6, 6.07) is 3.87. The Balaban J connectivity index is 2.09. The zero-order valence-electron chi connectivity index (χ0n) is 19.2. The number of alkyl carbamates (subject to hydrolysis) is 1. The zero-order valence-corrected chi connectivity index (χ0v) is 19.2. The number of fused-ring (bicyclic) bond motifs is 1. The molecule has 8 heteroatoms. The van der Waals surface area contributed by atoms with E-state index in [2.05, 4.69) is 17.2 Å². The second-order valence-electron chi connectivity index (χ2n) is 8.94. The third kappa shape index (κ3) is 5.64. The number of nitrogen functional groups attached to an aromatic ring is 1. The number of nitrogens with zero attached hydrogens (tertiary/aromatic N) is 3. The maximum absolute atomic E-state index is 12.8. The van der Waals surface area contributed by atoms with Crippen LogP contribution in [0.1, 0.15) is 68.9 Å². The Morgan fingerprint density at radius 2 is 1.93 bits per heavy atom. The fraction of sp³-hybridized carbons (Fsp3) is 0.591. The molecule has 0 aliphatic rings. The minimum Gasteiger partial charge on any atom is -0.444 e. The Bertz CT molecular complexity index is 912. The van der Waals surface area contributed by atoms with Gasteiger partial charge in [-0.3, -0.25) is 4.79 Å². The van der Waals surface area contributed by atoms with E-state index in [1.165, 1.54) is 0 Å². The van der Waals surface area contributed by atoms with Gasteiger partial charge in [0.25, 0.3) is 5.91 Å². The quantitative estimate of drug-likeness (QED) is 0.666. The smallest absolute Gasteiger partial charge is 0.407 e. The number of nitrogens with one attached hydrogen (secondary N) is 1. The molecule has 1 atom stereocenters. The zero-order chi connectivity index (χ0) is 22.6. The number of imidazole rings is 1. The lowest BCUT2D eigenvalue weighted by Gasteiger charge is -2.20. The minimum atomic E-state index is -0.502. The molecule has 1 aromatic heterocycles. The minimum absolute atomic E-state index is 0.0620. The number of hydrogen-bond donors (Lipinski definition) is 2. The number of rotatable bonds is 7. The van der Waals surface area contributed by atoms with Crippen LogP contribution in [-0.2, 0) is 4.74 Å². The van der Waals surface area contributed by atoms with Gasteiger partial charge in [0, 0.05) is 26.7 Å². The number of anilines is 1. The second kappa shape index (κ2) is 9.36. The molecule has 166 valence electrons. The van der Waals surface area contributed by atoms with Crippen LogP contribution in [0.5, 0.6) is 0 Å². The number of ether oxygens (including phenoxy) is 1. The number of aryl methyl sites for hydroxylation is 1. The van der Waals surface area contributed by atoms with Gasteiger partial charge >= 0.3 is 6.09 Å². The molecular weight excluding hydrogens is 382 g/mol. The molecule has 0 aliphatic carbocycles. The van der Waals surface area contributed by atoms with E-state index in [0.29, 0.717) is 18.1 Å². The highest BCUT2D eigenvalue weighted by atomic mass is 16.6. The predicted molar refractivity (Wildman–Crippen MR) is 120 cm³/mol. The Morgan fingerprint density at radius 1 is 1.27 bits per heavy atom. The number of aromatic nitrogens is 2. The summed E-state index contributed by atoms with van der Waals surface area (Å²) in [4.78, 5) is 30.6. The van der Waals surface area contributed by atoms with Crippen molar-refractivity contribution in [3.8, 4) is 0 Å². The van der Waals surface area contributed by atoms with Crippen molar-refractivity contribution in [2.45, 2.75) is 65.5 Å². The van der Waals surface area contributed by atoms with E-state index in [4.69, 9.17) is 10.5 Å². The number of amides is 2. The number of unbranched alkanes of at least 4 members (excludes halogenated alkanes) is 1. The van der Waals surface area contributed by atoms with Gasteiger partial charge in [-0.1, -0.05) is 6.07 Å². The predicted octanol–water partition coefficient (Wildman–Crippen LogP) is 3.88. The molecule has 3 N–H and O–H groups in total. The van der Waals surface area contributed by atoms with Crippen molar-refractivity contribution in [2.24, 2.45) is 0 Å². The third-order valence-corrected chi connectivity index (χ3v) is 4.87. The molecule has 8 nitrogen and oxygen atoms in total. The summed E-state index contributed by atoms with van der Waals surface area (Å²) >= 11 is 0. The number of carbonyl (C=O) groups excluding carboxylic acids is 2. The molecule has 0 saturated heterocycles. The maximum atomic E-state index is 12.8. The van der Waals surface area contributed by atoms with E-state index in [0.717, 1.165) is 35.9 Å². The van der Waals surface area contributed by atoms with E-state index < -0.39 is 11.7 Å². The average Bonchev–Trinajstić information content (AvgIpc) is 2.95. The van der Waals surface area contributed by atoms with Gasteiger partial charge < -0.3 is 25.3 Å². The van der Waals surface area contributed by atoms with E-state index in [9.17, 15) is 9.59 Å². The Morgan fingerprint density at radius 3 is 2.53 bits per heavy atom. The summed E-state index contributed by atoms with van der Waals surface area (Å²) in [6.45, 7) is 10.1. The highest BCUT2D eigenvalue weighted by Crippen LogP contribution is 2.30. The summed E-state index contributed by atoms with van der Waals surface area (Å²) in [5, 5.41) is 2.78. The van der Waals surface area contributed by atoms with E-state index in [-0.39, 0.29) is 11.9 Å². The van der Waals surface area contributed by atoms with Crippen LogP contribution in [0, 0.1) is 6.92 Å². The molecular formula is C22H35N5O3. The van der Waals surface area contributed by atoms with Crippen LogP contribution in [0.3, 0.4) is 0 Å². The van der Waals surface area contributed by atoms with Crippen LogP contribution < -0.4 is 11.1 Å². The molecule has 0 unspecified atom stereocenters. The van der Waals surface area contributed by atoms with E-state index in [1.807, 2.05) is 44.4 Å². The fourth-order valence-corrected chi connectivity index (χ4v) is 3.45. The number of benzene rings is 1. The van der Waals surface area contributed by atoms with Crippen molar-refractivity contribution < 1.29 is 14.3 Å². The van der Waals surface area contributed by atoms with Crippen molar-refractivity contribution in [2.75, 3.05) is 26.4 Å². The van der Waals surface area contributed by atoms with Gasteiger partial charge in [0.1, 0.15) is 5.60 Å². The largest absolute Gasteiger partial charge is 0.444 e. The lowest BCUT2D eigenvalue weighted by molar-refractivity contribution is 0.0526. The van der Waals surface area contributed by atoms with Crippen LogP contribution in [0.15, 0.2) is 12.1 Å². The van der Waals surface area contributed by atoms with Crippen LogP contribution in [-0.4, -0.2) is 52.7 Å². The molecule has 2 aromatic rings. The maximum Gasteiger partial charge on any atom is 0.407 e. The first-order valence-corrected chi connectivity index (χ1v) is 10.4. The van der Waals surface area contributed by atoms with Crippen LogP contribution >= 0.6 is 0 Å². The first-order chi connectivity index (χ1) is 13.9. The first kappa shape index (κ1) is 23.5. The van der Waals surface area contributed by atoms with Crippen molar-refractivity contribution in [1.82, 2.24) is 19.8 Å². The van der Waals surface area contributed by atoms with Gasteiger partial charge in [-0.05, 0) is 65.5 Å². The highest BCUT2D eigenvalue weighted by molar-refractivity contribution is 6.06. The first-order valence-electron chi connectivity index (χ1n) is 10.4. The Kier molecular flexibility index (Phi) is 7.34. The SMILES string of the molecule is Cc1ccc2nc(N)n([C@H](C)CCCCNC(=O)OC(C)(C)C)c2c1C(=O)N(C)C. The van der Waals surface area contributed by atoms with Crippen LogP contribution in [0.4, 0.5) is 10.7 Å². The Labute approximate surface area is 178 Å². The van der Waals surface area contributed by atoms with Gasteiger partial charge in [0.05, 0.1) is 16.6 Å². The summed E-state index contributed by atoms with van der Waals surface area (Å²) < 4.78 is 7.20. The third-order valence-electron chi connectivity index (χ3n) is 4.87. The molecule has 1 aromatic carbocycles. The van der Waals surface area contributed by atoms with Gasteiger partial charge in [0.2, 0.25) is 5.95 Å². The van der Waals surface area contributed by atoms with Crippen molar-refractivity contribution >= 4 is 29.0 Å². The number of hydrogen-bond acceptors (Lipinski definition) is 5. The lowest BCUT2D eigenvalue weighted by atomic mass is 10.0. The molecule has 0 bridgehead atoms. The van der Waals surface area contributed by atoms with Gasteiger partial charge in [-0.25, -0.2) is 9.78 Å². The molecule has 0 spiro atoms. The molecule has 30 heavy (non-hydrogen) atoms. The number of nitrogens with two attached hydrogens (primary N) is 1. The van der Waals surface area contributed by atoms with E-state index >= 15 is 0 Å². The molecule has 0 aliphatic heterocycles. The van der Waals surface area contributed by atoms with E-state index in [1.54, 1.807) is 19.0 Å². The van der Waals surface area contributed by atoms with Crippen molar-refractivity contribution in [3.05, 3.63) is 23.3 Å². The van der Waals surface area contributed by atoms with Crippen molar-refractivity contribution in [1.29, 1.82) is 0 Å². The fourth-order valence-electron chi connectivity index (χ4n) is 3.45. The van der Waals surface area contributed by atoms with Gasteiger partial charge in [-0.2, -0.15) is 0 Å². The standard InChI is InChI=1S/C22H35N5O3/c1-14-11-12-16-18(17(14)19(28)26(6)7)27(20(23)25-16)15(2)10-8-9-13-24-21(29)30-22(3,4)5/h11-12,15H,8-10,13H2,1-7H3,(H2,23,25)(H,24,29)/t15-/m1/s1. The highest BCUT2D eigenvalue weighted by Gasteiger charge is 2.23. The molecule has 0 saturated carbocycles. The second-order valence-corrected chi connectivity index (χ2v) is 8.94. The molecule has 0 fully saturated rings. The van der Waals surface area contributed by atoms with Gasteiger partial charge in [-0.15, -0.1) is 0 Å². The summed E-state index contributed by atoms with van der Waals surface area (Å²) in [5.41, 5.74) is 8.78. The summed E-state index contributed by atoms with van der Waals surface area (Å²) in [6.07, 6.45) is 2.15. The summed E-state index contributed by atoms with van der Waals surface area (Å²) in [7, 11) is 3.48. The van der Waals surface area contributed by atoms with Crippen molar-refractivity contribution in [3.63, 3.8) is 0 Å². The molecule has 1 heterocycles. The number of carbonyl (C=O) groups is 2. The topological polar surface area (TPSA) is 102 Å². The Hall–Kier alpha value is -2.77. The molecule has 2 rings (SSSR count). The van der Waals surface area contributed by atoms with Gasteiger partial charge in [0.15, 0.2) is 0 Å². The average molecular weight is 418 g/mol. The normalized spacial score (nSPS) is 12.6. The monoisotopic (exact) mass is 417 g/mol.